The summed E-state index contributed by atoms with van der Waals surface area (Å²) in [6.07, 6.45) is 2.80. The highest BCUT2D eigenvalue weighted by Crippen LogP contribution is 2.56. The SMILES string of the molecule is O=C(CCN1C(=O)C2C3CCC(C3)C2C1=O)OCC(=O)c1ccc(OC(=O)c2ccc(Br)cc2)cc1. The van der Waals surface area contributed by atoms with Gasteiger partial charge >= 0.3 is 11.9 Å². The van der Waals surface area contributed by atoms with Gasteiger partial charge in [0, 0.05) is 16.6 Å². The predicted molar refractivity (Wildman–Crippen MR) is 130 cm³/mol. The number of fused-ring (bicyclic) bond motifs is 5. The minimum atomic E-state index is -0.649. The van der Waals surface area contributed by atoms with Crippen molar-refractivity contribution < 1.29 is 33.4 Å². The van der Waals surface area contributed by atoms with E-state index in [-0.39, 0.29) is 42.4 Å². The van der Waals surface area contributed by atoms with Gasteiger partial charge < -0.3 is 9.47 Å². The summed E-state index contributed by atoms with van der Waals surface area (Å²) in [6, 6.07) is 12.7. The Morgan fingerprint density at radius 1 is 0.861 bits per heavy atom. The number of imide groups is 1. The summed E-state index contributed by atoms with van der Waals surface area (Å²) in [5.74, 6) is -1.50. The molecule has 5 rings (SSSR count). The van der Waals surface area contributed by atoms with Gasteiger partial charge in [0.25, 0.3) is 0 Å². The Labute approximate surface area is 216 Å². The second kappa shape index (κ2) is 9.97. The number of rotatable bonds is 8. The molecule has 3 aliphatic rings. The molecule has 186 valence electrons. The molecule has 4 atom stereocenters. The van der Waals surface area contributed by atoms with Gasteiger partial charge in [0.15, 0.2) is 12.4 Å². The van der Waals surface area contributed by atoms with Crippen LogP contribution in [0, 0.1) is 23.7 Å². The number of halogens is 1. The molecule has 2 aromatic carbocycles. The Bertz CT molecular complexity index is 1200. The summed E-state index contributed by atoms with van der Waals surface area (Å²) in [6.45, 7) is -0.482. The molecule has 36 heavy (non-hydrogen) atoms. The van der Waals surface area contributed by atoms with Crippen molar-refractivity contribution in [2.24, 2.45) is 23.7 Å². The molecule has 1 aliphatic heterocycles. The number of nitrogens with zero attached hydrogens (tertiary/aromatic N) is 1. The van der Waals surface area contributed by atoms with Crippen LogP contribution >= 0.6 is 15.9 Å². The molecule has 2 amide bonds. The molecular formula is C27H24BrNO7. The van der Waals surface area contributed by atoms with Gasteiger partial charge in [-0.05, 0) is 79.6 Å². The number of hydrogen-bond acceptors (Lipinski definition) is 7. The molecule has 2 aromatic rings. The summed E-state index contributed by atoms with van der Waals surface area (Å²) in [5.41, 5.74) is 0.678. The Morgan fingerprint density at radius 2 is 1.44 bits per heavy atom. The average molecular weight is 554 g/mol. The number of benzene rings is 2. The van der Waals surface area contributed by atoms with Crippen LogP contribution in [0.1, 0.15) is 46.4 Å². The van der Waals surface area contributed by atoms with Crippen molar-refractivity contribution in [3.63, 3.8) is 0 Å². The quantitative estimate of drug-likeness (QED) is 0.211. The summed E-state index contributed by atoms with van der Waals surface area (Å²) < 4.78 is 11.2. The lowest BCUT2D eigenvalue weighted by atomic mass is 9.81. The summed E-state index contributed by atoms with van der Waals surface area (Å²) >= 11 is 3.30. The second-order valence-corrected chi connectivity index (χ2v) is 10.4. The molecule has 4 unspecified atom stereocenters. The van der Waals surface area contributed by atoms with Crippen molar-refractivity contribution in [3.8, 4) is 5.75 Å². The number of carbonyl (C=O) groups excluding carboxylic acids is 5. The van der Waals surface area contributed by atoms with Crippen molar-refractivity contribution in [2.75, 3.05) is 13.2 Å². The zero-order valence-electron chi connectivity index (χ0n) is 19.4. The van der Waals surface area contributed by atoms with Crippen molar-refractivity contribution in [1.29, 1.82) is 0 Å². The van der Waals surface area contributed by atoms with Crippen molar-refractivity contribution in [2.45, 2.75) is 25.7 Å². The van der Waals surface area contributed by atoms with Crippen LogP contribution in [-0.4, -0.2) is 47.6 Å². The van der Waals surface area contributed by atoms with E-state index >= 15 is 0 Å². The minimum absolute atomic E-state index is 0.0183. The van der Waals surface area contributed by atoms with Crippen molar-refractivity contribution >= 4 is 45.5 Å². The fourth-order valence-corrected chi connectivity index (χ4v) is 5.92. The van der Waals surface area contributed by atoms with Crippen LogP contribution in [0.25, 0.3) is 0 Å². The molecule has 2 bridgehead atoms. The number of hydrogen-bond donors (Lipinski definition) is 0. The van der Waals surface area contributed by atoms with E-state index in [1.165, 1.54) is 29.2 Å². The number of carbonyl (C=O) groups is 5. The number of ketones is 1. The van der Waals surface area contributed by atoms with Gasteiger partial charge in [0.2, 0.25) is 11.8 Å². The van der Waals surface area contributed by atoms with Crippen LogP contribution in [0.5, 0.6) is 5.75 Å². The predicted octanol–water partition coefficient (Wildman–Crippen LogP) is 3.82. The molecule has 8 nitrogen and oxygen atoms in total. The second-order valence-electron chi connectivity index (χ2n) is 9.47. The summed E-state index contributed by atoms with van der Waals surface area (Å²) in [4.78, 5) is 63.4. The summed E-state index contributed by atoms with van der Waals surface area (Å²) in [7, 11) is 0. The monoisotopic (exact) mass is 553 g/mol. The van der Waals surface area contributed by atoms with Crippen LogP contribution < -0.4 is 4.74 Å². The molecule has 1 heterocycles. The molecular weight excluding hydrogens is 530 g/mol. The topological polar surface area (TPSA) is 107 Å². The molecule has 2 saturated carbocycles. The van der Waals surface area contributed by atoms with E-state index in [2.05, 4.69) is 15.9 Å². The molecule has 9 heteroatoms. The van der Waals surface area contributed by atoms with E-state index in [4.69, 9.17) is 9.47 Å². The maximum Gasteiger partial charge on any atom is 0.343 e. The Hall–Kier alpha value is -3.33. The zero-order chi connectivity index (χ0) is 25.4. The van der Waals surface area contributed by atoms with Gasteiger partial charge in [-0.2, -0.15) is 0 Å². The van der Waals surface area contributed by atoms with Gasteiger partial charge in [0.1, 0.15) is 5.75 Å². The number of Topliss-reactive ketones (excluding diaryl/α,β-unsaturated/α-hetero) is 1. The Morgan fingerprint density at radius 3 is 2.06 bits per heavy atom. The lowest BCUT2D eigenvalue weighted by Crippen LogP contribution is -2.35. The first-order chi connectivity index (χ1) is 17.3. The zero-order valence-corrected chi connectivity index (χ0v) is 20.9. The van der Waals surface area contributed by atoms with Crippen LogP contribution in [0.4, 0.5) is 0 Å². The Balaban J connectivity index is 1.08. The number of likely N-dealkylation sites (tertiary alicyclic amines) is 1. The van der Waals surface area contributed by atoms with Gasteiger partial charge in [-0.1, -0.05) is 15.9 Å². The molecule has 0 radical (unpaired) electrons. The molecule has 1 saturated heterocycles. The van der Waals surface area contributed by atoms with E-state index in [0.717, 1.165) is 23.7 Å². The highest BCUT2D eigenvalue weighted by molar-refractivity contribution is 9.10. The third-order valence-electron chi connectivity index (χ3n) is 7.39. The van der Waals surface area contributed by atoms with E-state index in [1.54, 1.807) is 24.3 Å². The van der Waals surface area contributed by atoms with E-state index in [9.17, 15) is 24.0 Å². The minimum Gasteiger partial charge on any atom is -0.457 e. The van der Waals surface area contributed by atoms with E-state index in [0.29, 0.717) is 23.0 Å². The summed E-state index contributed by atoms with van der Waals surface area (Å²) in [5, 5.41) is 0. The third-order valence-corrected chi connectivity index (χ3v) is 7.92. The third kappa shape index (κ3) is 4.72. The fourth-order valence-electron chi connectivity index (χ4n) is 5.66. The van der Waals surface area contributed by atoms with Crippen molar-refractivity contribution in [1.82, 2.24) is 4.90 Å². The largest absolute Gasteiger partial charge is 0.457 e. The molecule has 3 fully saturated rings. The smallest absolute Gasteiger partial charge is 0.343 e. The molecule has 0 spiro atoms. The highest BCUT2D eigenvalue weighted by atomic mass is 79.9. The normalized spacial score (nSPS) is 24.1. The van der Waals surface area contributed by atoms with Crippen LogP contribution in [0.3, 0.4) is 0 Å². The number of amides is 2. The van der Waals surface area contributed by atoms with Crippen LogP contribution in [0.15, 0.2) is 53.0 Å². The maximum absolute atomic E-state index is 12.7. The van der Waals surface area contributed by atoms with E-state index in [1.807, 2.05) is 0 Å². The number of esters is 2. The first-order valence-corrected chi connectivity index (χ1v) is 12.7. The first-order valence-electron chi connectivity index (χ1n) is 11.9. The molecule has 0 N–H and O–H groups in total. The molecule has 0 aromatic heterocycles. The van der Waals surface area contributed by atoms with Gasteiger partial charge in [0.05, 0.1) is 23.8 Å². The highest BCUT2D eigenvalue weighted by Gasteiger charge is 2.60. The van der Waals surface area contributed by atoms with E-state index < -0.39 is 24.3 Å². The van der Waals surface area contributed by atoms with Crippen LogP contribution in [0.2, 0.25) is 0 Å². The maximum atomic E-state index is 12.7. The fraction of sp³-hybridized carbons (Fsp3) is 0.370. The van der Waals surface area contributed by atoms with Gasteiger partial charge in [-0.15, -0.1) is 0 Å². The lowest BCUT2D eigenvalue weighted by Gasteiger charge is -2.19. The van der Waals surface area contributed by atoms with Gasteiger partial charge in [-0.25, -0.2) is 4.79 Å². The van der Waals surface area contributed by atoms with Crippen LogP contribution in [-0.2, 0) is 19.1 Å². The van der Waals surface area contributed by atoms with Crippen molar-refractivity contribution in [3.05, 3.63) is 64.1 Å². The first kappa shape index (κ1) is 24.4. The molecule has 2 aliphatic carbocycles. The lowest BCUT2D eigenvalue weighted by molar-refractivity contribution is -0.145. The van der Waals surface area contributed by atoms with Gasteiger partial charge in [-0.3, -0.25) is 24.1 Å². The average Bonchev–Trinajstić information content (AvgIpc) is 3.56. The number of ether oxygens (including phenoxy) is 2. The standard InChI is InChI=1S/C27H24BrNO7/c28-19-7-3-16(4-8-19)27(34)36-20-9-5-15(6-10-20)21(30)14-35-22(31)11-12-29-25(32)23-17-1-2-18(13-17)24(23)26(29)33/h3-10,17-18,23-24H,1-2,11-14H2. The Kier molecular flexibility index (Phi) is 6.75.